The van der Waals surface area contributed by atoms with E-state index in [0.717, 1.165) is 11.1 Å². The molecule has 1 aromatic carbocycles. The summed E-state index contributed by atoms with van der Waals surface area (Å²) in [5.74, 6) is -1.97. The van der Waals surface area contributed by atoms with E-state index in [9.17, 15) is 14.4 Å². The molecule has 102 valence electrons. The van der Waals surface area contributed by atoms with Gasteiger partial charge in [-0.2, -0.15) is 0 Å². The van der Waals surface area contributed by atoms with Crippen LogP contribution in [-0.4, -0.2) is 28.8 Å². The summed E-state index contributed by atoms with van der Waals surface area (Å²) in [6, 6.07) is 4.24. The van der Waals surface area contributed by atoms with E-state index in [2.05, 4.69) is 5.32 Å². The maximum atomic E-state index is 12.1. The summed E-state index contributed by atoms with van der Waals surface area (Å²) in [6.07, 6.45) is -0.251. The van der Waals surface area contributed by atoms with Crippen molar-refractivity contribution in [3.63, 3.8) is 0 Å². The zero-order valence-corrected chi connectivity index (χ0v) is 11.2. The van der Waals surface area contributed by atoms with Crippen molar-refractivity contribution >= 4 is 17.7 Å². The molecule has 1 unspecified atom stereocenters. The molecule has 0 aliphatic rings. The van der Waals surface area contributed by atoms with Gasteiger partial charge in [0, 0.05) is 18.9 Å². The molecule has 5 heteroatoms. The molecule has 0 saturated carbocycles. The van der Waals surface area contributed by atoms with E-state index in [1.807, 2.05) is 19.1 Å². The van der Waals surface area contributed by atoms with E-state index in [-0.39, 0.29) is 12.2 Å². The summed E-state index contributed by atoms with van der Waals surface area (Å²) < 4.78 is 0. The Balaban J connectivity index is 2.90. The van der Waals surface area contributed by atoms with Crippen molar-refractivity contribution in [2.24, 2.45) is 0 Å². The second-order valence-electron chi connectivity index (χ2n) is 4.54. The highest BCUT2D eigenvalue weighted by atomic mass is 16.4. The highest BCUT2D eigenvalue weighted by Crippen LogP contribution is 2.14. The first-order chi connectivity index (χ1) is 8.81. The zero-order chi connectivity index (χ0) is 14.6. The van der Waals surface area contributed by atoms with Crippen LogP contribution in [0.15, 0.2) is 18.2 Å². The Morgan fingerprint density at radius 1 is 1.26 bits per heavy atom. The van der Waals surface area contributed by atoms with Crippen molar-refractivity contribution < 1.29 is 19.5 Å². The number of ketones is 1. The molecule has 0 aromatic heterocycles. The average Bonchev–Trinajstić information content (AvgIpc) is 2.30. The molecule has 0 heterocycles. The Kier molecular flexibility index (Phi) is 4.80. The minimum atomic E-state index is -1.21. The molecule has 0 aliphatic heterocycles. The number of aliphatic carboxylic acids is 1. The van der Waals surface area contributed by atoms with Crippen LogP contribution >= 0.6 is 0 Å². The van der Waals surface area contributed by atoms with Crippen LogP contribution in [0.4, 0.5) is 0 Å². The Labute approximate surface area is 111 Å². The average molecular weight is 263 g/mol. The Morgan fingerprint density at radius 2 is 1.89 bits per heavy atom. The predicted molar refractivity (Wildman–Crippen MR) is 70.1 cm³/mol. The van der Waals surface area contributed by atoms with E-state index in [1.54, 1.807) is 13.0 Å². The van der Waals surface area contributed by atoms with Crippen LogP contribution in [0.1, 0.15) is 34.8 Å². The Hall–Kier alpha value is -2.17. The van der Waals surface area contributed by atoms with Gasteiger partial charge in [-0.25, -0.2) is 4.79 Å². The molecule has 5 nitrogen and oxygen atoms in total. The zero-order valence-electron chi connectivity index (χ0n) is 11.2. The number of Topliss-reactive ketones (excluding diaryl/α,β-unsaturated/α-hetero) is 1. The highest BCUT2D eigenvalue weighted by molar-refractivity contribution is 6.00. The van der Waals surface area contributed by atoms with Crippen LogP contribution in [0.5, 0.6) is 0 Å². The number of aryl methyl sites for hydroxylation is 2. The predicted octanol–water partition coefficient (Wildman–Crippen LogP) is 1.47. The van der Waals surface area contributed by atoms with Crippen LogP contribution in [0.25, 0.3) is 0 Å². The van der Waals surface area contributed by atoms with Gasteiger partial charge >= 0.3 is 5.97 Å². The number of nitrogens with one attached hydrogen (secondary N) is 1. The fourth-order valence-electron chi connectivity index (χ4n) is 1.78. The molecular weight excluding hydrogens is 246 g/mol. The van der Waals surface area contributed by atoms with Crippen LogP contribution in [-0.2, 0) is 9.59 Å². The maximum Gasteiger partial charge on any atom is 0.326 e. The summed E-state index contributed by atoms with van der Waals surface area (Å²) in [4.78, 5) is 34.0. The van der Waals surface area contributed by atoms with Gasteiger partial charge < -0.3 is 10.4 Å². The molecule has 0 fully saturated rings. The van der Waals surface area contributed by atoms with Crippen LogP contribution in [0.3, 0.4) is 0 Å². The summed E-state index contributed by atoms with van der Waals surface area (Å²) >= 11 is 0. The first-order valence-corrected chi connectivity index (χ1v) is 5.91. The van der Waals surface area contributed by atoms with E-state index in [4.69, 9.17) is 5.11 Å². The smallest absolute Gasteiger partial charge is 0.326 e. The number of amides is 1. The van der Waals surface area contributed by atoms with Gasteiger partial charge in [-0.3, -0.25) is 9.59 Å². The molecular formula is C14H17NO4. The number of hydrogen-bond acceptors (Lipinski definition) is 3. The number of rotatable bonds is 5. The third-order valence-electron chi connectivity index (χ3n) is 2.76. The molecule has 0 radical (unpaired) electrons. The van der Waals surface area contributed by atoms with Crippen LogP contribution in [0, 0.1) is 13.8 Å². The lowest BCUT2D eigenvalue weighted by Gasteiger charge is -2.13. The number of benzene rings is 1. The normalized spacial score (nSPS) is 11.7. The third kappa shape index (κ3) is 4.21. The van der Waals surface area contributed by atoms with E-state index < -0.39 is 17.9 Å². The van der Waals surface area contributed by atoms with Crippen LogP contribution in [0.2, 0.25) is 0 Å². The second kappa shape index (κ2) is 6.13. The third-order valence-corrected chi connectivity index (χ3v) is 2.76. The summed E-state index contributed by atoms with van der Waals surface area (Å²) in [5, 5.41) is 11.2. The van der Waals surface area contributed by atoms with Crippen molar-refractivity contribution in [1.82, 2.24) is 5.32 Å². The van der Waals surface area contributed by atoms with Crippen molar-refractivity contribution in [2.45, 2.75) is 33.2 Å². The Morgan fingerprint density at radius 3 is 2.42 bits per heavy atom. The first kappa shape index (κ1) is 14.9. The van der Waals surface area contributed by atoms with Gasteiger partial charge in [0.05, 0.1) is 0 Å². The lowest BCUT2D eigenvalue weighted by Crippen LogP contribution is -2.41. The highest BCUT2D eigenvalue weighted by Gasteiger charge is 2.23. The number of carboxylic acids is 1. The minimum Gasteiger partial charge on any atom is -0.480 e. The van der Waals surface area contributed by atoms with E-state index in [0.29, 0.717) is 5.56 Å². The topological polar surface area (TPSA) is 83.5 Å². The van der Waals surface area contributed by atoms with Gasteiger partial charge in [0.25, 0.3) is 0 Å². The van der Waals surface area contributed by atoms with Crippen molar-refractivity contribution in [2.75, 3.05) is 0 Å². The first-order valence-electron chi connectivity index (χ1n) is 5.91. The largest absolute Gasteiger partial charge is 0.480 e. The quantitative estimate of drug-likeness (QED) is 0.788. The Bertz CT molecular complexity index is 522. The van der Waals surface area contributed by atoms with Crippen LogP contribution < -0.4 is 5.32 Å². The molecule has 0 aliphatic carbocycles. The van der Waals surface area contributed by atoms with Crippen molar-refractivity contribution in [3.8, 4) is 0 Å². The van der Waals surface area contributed by atoms with E-state index in [1.165, 1.54) is 6.92 Å². The fraction of sp³-hybridized carbons (Fsp3) is 0.357. The van der Waals surface area contributed by atoms with Crippen molar-refractivity contribution in [3.05, 3.63) is 34.9 Å². The van der Waals surface area contributed by atoms with Gasteiger partial charge in [-0.05, 0) is 25.5 Å². The fourth-order valence-corrected chi connectivity index (χ4v) is 1.78. The molecule has 1 aromatic rings. The second-order valence-corrected chi connectivity index (χ2v) is 4.54. The van der Waals surface area contributed by atoms with E-state index >= 15 is 0 Å². The summed E-state index contributed by atoms with van der Waals surface area (Å²) in [5.41, 5.74) is 2.22. The van der Waals surface area contributed by atoms with Gasteiger partial charge in [0.15, 0.2) is 5.78 Å². The number of hydrogen-bond donors (Lipinski definition) is 2. The number of carbonyl (C=O) groups excluding carboxylic acids is 2. The maximum absolute atomic E-state index is 12.1. The molecule has 0 bridgehead atoms. The standard InChI is InChI=1S/C14H17NO4/c1-8-4-5-9(2)11(6-8)13(17)7-12(14(18)19)15-10(3)16/h4-6,12H,7H2,1-3H3,(H,15,16)(H,18,19). The van der Waals surface area contributed by atoms with Crippen molar-refractivity contribution in [1.29, 1.82) is 0 Å². The van der Waals surface area contributed by atoms with Gasteiger partial charge in [0.1, 0.15) is 6.04 Å². The molecule has 2 N–H and O–H groups in total. The summed E-state index contributed by atoms with van der Waals surface area (Å²) in [7, 11) is 0. The summed E-state index contributed by atoms with van der Waals surface area (Å²) in [6.45, 7) is 4.87. The lowest BCUT2D eigenvalue weighted by molar-refractivity contribution is -0.141. The molecule has 0 spiro atoms. The number of carboxylic acid groups (broad SMARTS) is 1. The van der Waals surface area contributed by atoms with Gasteiger partial charge in [-0.1, -0.05) is 17.7 Å². The molecule has 1 atom stereocenters. The lowest BCUT2D eigenvalue weighted by atomic mass is 9.97. The molecule has 1 rings (SSSR count). The molecule has 1 amide bonds. The monoisotopic (exact) mass is 263 g/mol. The molecule has 0 saturated heterocycles. The SMILES string of the molecule is CC(=O)NC(CC(=O)c1cc(C)ccc1C)C(=O)O. The number of carbonyl (C=O) groups is 3. The minimum absolute atomic E-state index is 0.251. The molecule has 19 heavy (non-hydrogen) atoms. The van der Waals surface area contributed by atoms with Gasteiger partial charge in [0.2, 0.25) is 5.91 Å². The van der Waals surface area contributed by atoms with Gasteiger partial charge in [-0.15, -0.1) is 0 Å².